The second-order valence-corrected chi connectivity index (χ2v) is 3.82. The van der Waals surface area contributed by atoms with Crippen LogP contribution in [0.1, 0.15) is 12.8 Å². The highest BCUT2D eigenvalue weighted by molar-refractivity contribution is 6.36. The van der Waals surface area contributed by atoms with E-state index in [0.717, 1.165) is 0 Å². The first-order valence-electron chi connectivity index (χ1n) is 5.37. The molecule has 1 unspecified atom stereocenters. The van der Waals surface area contributed by atoms with Gasteiger partial charge in [0, 0.05) is 33.5 Å². The van der Waals surface area contributed by atoms with Crippen LogP contribution in [-0.4, -0.2) is 60.2 Å². The van der Waals surface area contributed by atoms with Gasteiger partial charge in [-0.15, -0.1) is 0 Å². The van der Waals surface area contributed by atoms with Crippen LogP contribution in [0.15, 0.2) is 5.16 Å². The second-order valence-electron chi connectivity index (χ2n) is 3.82. The number of nitrogens with zero attached hydrogens (tertiary/aromatic N) is 2. The predicted molar refractivity (Wildman–Crippen MR) is 60.9 cm³/mol. The SMILES string of the molecule is CNC(=O)CCN(C)C(=O)C1CC(C(=O)O)=NO1. The lowest BCUT2D eigenvalue weighted by molar-refractivity contribution is -0.141. The van der Waals surface area contributed by atoms with Gasteiger partial charge in [-0.05, 0) is 0 Å². The van der Waals surface area contributed by atoms with Crippen LogP contribution < -0.4 is 5.32 Å². The zero-order chi connectivity index (χ0) is 13.7. The largest absolute Gasteiger partial charge is 0.477 e. The summed E-state index contributed by atoms with van der Waals surface area (Å²) in [5, 5.41) is 14.4. The number of carbonyl (C=O) groups is 3. The summed E-state index contributed by atoms with van der Waals surface area (Å²) < 4.78 is 0. The van der Waals surface area contributed by atoms with Gasteiger partial charge in [0.25, 0.3) is 5.91 Å². The van der Waals surface area contributed by atoms with Crippen LogP contribution in [0, 0.1) is 0 Å². The molecule has 0 bridgehead atoms. The molecular formula is C10H15N3O5. The number of carbonyl (C=O) groups excluding carboxylic acids is 2. The van der Waals surface area contributed by atoms with Crippen molar-refractivity contribution in [3.8, 4) is 0 Å². The van der Waals surface area contributed by atoms with E-state index in [1.165, 1.54) is 19.0 Å². The van der Waals surface area contributed by atoms with Gasteiger partial charge in [0.2, 0.25) is 12.0 Å². The molecule has 0 aromatic rings. The van der Waals surface area contributed by atoms with Crippen LogP contribution in [-0.2, 0) is 19.2 Å². The van der Waals surface area contributed by atoms with Crippen molar-refractivity contribution in [2.45, 2.75) is 18.9 Å². The fraction of sp³-hybridized carbons (Fsp3) is 0.600. The summed E-state index contributed by atoms with van der Waals surface area (Å²) in [4.78, 5) is 39.5. The Kier molecular flexibility index (Phi) is 4.64. The molecule has 1 rings (SSSR count). The first-order chi connectivity index (χ1) is 8.45. The maximum absolute atomic E-state index is 11.8. The van der Waals surface area contributed by atoms with Crippen molar-refractivity contribution in [1.82, 2.24) is 10.2 Å². The van der Waals surface area contributed by atoms with E-state index in [-0.39, 0.29) is 36.9 Å². The summed E-state index contributed by atoms with van der Waals surface area (Å²) in [6.45, 7) is 0.237. The average molecular weight is 257 g/mol. The molecule has 2 amide bonds. The molecule has 1 heterocycles. The van der Waals surface area contributed by atoms with E-state index in [2.05, 4.69) is 10.5 Å². The Balaban J connectivity index is 2.42. The number of amides is 2. The Hall–Kier alpha value is -2.12. The van der Waals surface area contributed by atoms with Crippen LogP contribution in [0.2, 0.25) is 0 Å². The first-order valence-corrected chi connectivity index (χ1v) is 5.37. The van der Waals surface area contributed by atoms with Crippen LogP contribution in [0.4, 0.5) is 0 Å². The van der Waals surface area contributed by atoms with Crippen molar-refractivity contribution in [2.24, 2.45) is 5.16 Å². The van der Waals surface area contributed by atoms with Gasteiger partial charge >= 0.3 is 5.97 Å². The molecule has 2 N–H and O–H groups in total. The highest BCUT2D eigenvalue weighted by Gasteiger charge is 2.33. The molecule has 8 heteroatoms. The molecule has 0 spiro atoms. The minimum absolute atomic E-state index is 0.0571. The van der Waals surface area contributed by atoms with Gasteiger partial charge in [-0.1, -0.05) is 5.16 Å². The number of rotatable bonds is 5. The Labute approximate surface area is 104 Å². The van der Waals surface area contributed by atoms with Crippen molar-refractivity contribution in [3.05, 3.63) is 0 Å². The van der Waals surface area contributed by atoms with Crippen molar-refractivity contribution >= 4 is 23.5 Å². The molecule has 0 saturated heterocycles. The third-order valence-corrected chi connectivity index (χ3v) is 2.52. The Morgan fingerprint density at radius 3 is 2.72 bits per heavy atom. The minimum atomic E-state index is -1.20. The van der Waals surface area contributed by atoms with Gasteiger partial charge in [-0.3, -0.25) is 9.59 Å². The molecule has 1 aliphatic rings. The van der Waals surface area contributed by atoms with Gasteiger partial charge in [-0.2, -0.15) is 0 Å². The fourth-order valence-electron chi connectivity index (χ4n) is 1.39. The number of carboxylic acid groups (broad SMARTS) is 1. The van der Waals surface area contributed by atoms with Crippen molar-refractivity contribution in [3.63, 3.8) is 0 Å². The van der Waals surface area contributed by atoms with E-state index in [9.17, 15) is 14.4 Å². The molecule has 18 heavy (non-hydrogen) atoms. The maximum atomic E-state index is 11.8. The molecule has 1 aliphatic heterocycles. The monoisotopic (exact) mass is 257 g/mol. The van der Waals surface area contributed by atoms with Gasteiger partial charge in [0.1, 0.15) is 0 Å². The molecule has 1 atom stereocenters. The summed E-state index contributed by atoms with van der Waals surface area (Å²) in [5.41, 5.74) is -0.173. The molecule has 0 aliphatic carbocycles. The van der Waals surface area contributed by atoms with E-state index in [4.69, 9.17) is 9.94 Å². The molecular weight excluding hydrogens is 242 g/mol. The summed E-state index contributed by atoms with van der Waals surface area (Å²) in [6, 6.07) is 0. The van der Waals surface area contributed by atoms with Crippen LogP contribution in [0.5, 0.6) is 0 Å². The maximum Gasteiger partial charge on any atom is 0.353 e. The molecule has 0 aromatic heterocycles. The normalized spacial score (nSPS) is 17.7. The number of hydrogen-bond donors (Lipinski definition) is 2. The number of nitrogens with one attached hydrogen (secondary N) is 1. The second kappa shape index (κ2) is 5.99. The number of oxime groups is 1. The van der Waals surface area contributed by atoms with Crippen LogP contribution in [0.25, 0.3) is 0 Å². The third-order valence-electron chi connectivity index (χ3n) is 2.52. The van der Waals surface area contributed by atoms with Gasteiger partial charge in [-0.25, -0.2) is 4.79 Å². The van der Waals surface area contributed by atoms with E-state index in [1.54, 1.807) is 0 Å². The van der Waals surface area contributed by atoms with Crippen LogP contribution >= 0.6 is 0 Å². The summed E-state index contributed by atoms with van der Waals surface area (Å²) in [5.74, 6) is -1.76. The highest BCUT2D eigenvalue weighted by atomic mass is 16.6. The molecule has 100 valence electrons. The van der Waals surface area contributed by atoms with Gasteiger partial charge < -0.3 is 20.2 Å². The first kappa shape index (κ1) is 13.9. The van der Waals surface area contributed by atoms with E-state index >= 15 is 0 Å². The molecule has 0 saturated carbocycles. The van der Waals surface area contributed by atoms with Crippen molar-refractivity contribution in [1.29, 1.82) is 0 Å². The summed E-state index contributed by atoms with van der Waals surface area (Å²) >= 11 is 0. The lowest BCUT2D eigenvalue weighted by Gasteiger charge is -2.19. The van der Waals surface area contributed by atoms with Crippen molar-refractivity contribution in [2.75, 3.05) is 20.6 Å². The third kappa shape index (κ3) is 3.44. The van der Waals surface area contributed by atoms with E-state index in [0.29, 0.717) is 0 Å². The predicted octanol–water partition coefficient (Wildman–Crippen LogP) is -1.19. The summed E-state index contributed by atoms with van der Waals surface area (Å²) in [7, 11) is 3.03. The van der Waals surface area contributed by atoms with E-state index in [1.807, 2.05) is 0 Å². The quantitative estimate of drug-likeness (QED) is 0.643. The molecule has 0 radical (unpaired) electrons. The van der Waals surface area contributed by atoms with Crippen LogP contribution in [0.3, 0.4) is 0 Å². The zero-order valence-corrected chi connectivity index (χ0v) is 10.2. The van der Waals surface area contributed by atoms with Gasteiger partial charge in [0.05, 0.1) is 0 Å². The molecule has 0 fully saturated rings. The smallest absolute Gasteiger partial charge is 0.353 e. The van der Waals surface area contributed by atoms with E-state index < -0.39 is 12.1 Å². The Morgan fingerprint density at radius 1 is 1.56 bits per heavy atom. The lowest BCUT2D eigenvalue weighted by atomic mass is 10.1. The molecule has 8 nitrogen and oxygen atoms in total. The Morgan fingerprint density at radius 2 is 2.22 bits per heavy atom. The Bertz CT molecular complexity index is 393. The standard InChI is InChI=1S/C10H15N3O5/c1-11-8(14)3-4-13(2)9(15)7-5-6(10(16)17)12-18-7/h7H,3-5H2,1-2H3,(H,11,14)(H,16,17). The summed E-state index contributed by atoms with van der Waals surface area (Å²) in [6.07, 6.45) is -0.790. The van der Waals surface area contributed by atoms with Crippen molar-refractivity contribution < 1.29 is 24.3 Å². The van der Waals surface area contributed by atoms with Gasteiger partial charge in [0.15, 0.2) is 5.71 Å². The highest BCUT2D eigenvalue weighted by Crippen LogP contribution is 2.13. The lowest BCUT2D eigenvalue weighted by Crippen LogP contribution is -2.38. The zero-order valence-electron chi connectivity index (χ0n) is 10.2. The number of carboxylic acids is 1. The number of aliphatic carboxylic acids is 1. The topological polar surface area (TPSA) is 108 Å². The minimum Gasteiger partial charge on any atom is -0.477 e. The average Bonchev–Trinajstić information content (AvgIpc) is 2.84. The number of likely N-dealkylation sites (N-methyl/N-ethyl adjacent to an activating group) is 1. The molecule has 0 aromatic carbocycles. The fourth-order valence-corrected chi connectivity index (χ4v) is 1.39. The number of hydrogen-bond acceptors (Lipinski definition) is 5.